The van der Waals surface area contributed by atoms with E-state index in [-0.39, 0.29) is 0 Å². The fourth-order valence-electron chi connectivity index (χ4n) is 7.12. The van der Waals surface area contributed by atoms with Crippen LogP contribution in [0.1, 0.15) is 152 Å². The maximum atomic E-state index is 9.12. The zero-order valence-corrected chi connectivity index (χ0v) is 28.9. The average Bonchev–Trinajstić information content (AvgIpc) is 3.64. The van der Waals surface area contributed by atoms with E-state index in [0.717, 1.165) is 31.0 Å². The second-order valence-corrected chi connectivity index (χ2v) is 14.3. The third-order valence-corrected chi connectivity index (χ3v) is 10.5. The molecule has 0 bridgehead atoms. The number of rotatable bonds is 11. The van der Waals surface area contributed by atoms with Gasteiger partial charge in [-0.15, -0.1) is 0 Å². The van der Waals surface area contributed by atoms with Crippen LogP contribution in [0.5, 0.6) is 0 Å². The molecule has 5 rings (SSSR count). The summed E-state index contributed by atoms with van der Waals surface area (Å²) in [5.41, 5.74) is 3.49. The van der Waals surface area contributed by atoms with Crippen LogP contribution in [-0.4, -0.2) is 30.4 Å². The maximum Gasteiger partial charge on any atom is 0.488 e. The number of hydrogen-bond donors (Lipinski definition) is 2. The number of hydrogen-bond acceptors (Lipinski definition) is 3. The van der Waals surface area contributed by atoms with Crippen LogP contribution in [0, 0.1) is 11.8 Å². The molecule has 0 unspecified atom stereocenters. The van der Waals surface area contributed by atoms with Gasteiger partial charge >= 0.3 is 7.12 Å². The maximum absolute atomic E-state index is 9.12. The molecule has 2 aliphatic carbocycles. The van der Waals surface area contributed by atoms with E-state index in [2.05, 4.69) is 66.2 Å². The Labute approximate surface area is 272 Å². The highest BCUT2D eigenvalue weighted by molar-refractivity contribution is 9.10. The smallest absolute Gasteiger partial charge is 0.423 e. The molecule has 0 radical (unpaired) electrons. The molecule has 43 heavy (non-hydrogen) atoms. The molecule has 1 heterocycles. The summed E-state index contributed by atoms with van der Waals surface area (Å²) in [5.74, 6) is 3.45. The van der Waals surface area contributed by atoms with E-state index in [1.165, 1.54) is 126 Å². The second kappa shape index (κ2) is 21.6. The van der Waals surface area contributed by atoms with Crippen molar-refractivity contribution in [2.24, 2.45) is 11.8 Å². The summed E-state index contributed by atoms with van der Waals surface area (Å²) in [5, 5.41) is 18.2. The van der Waals surface area contributed by atoms with Crippen molar-refractivity contribution in [2.75, 3.05) is 13.2 Å². The molecule has 2 aromatic rings. The summed E-state index contributed by atoms with van der Waals surface area (Å²) in [6, 6.07) is 16.8. The summed E-state index contributed by atoms with van der Waals surface area (Å²) in [4.78, 5) is 0. The lowest BCUT2D eigenvalue weighted by Gasteiger charge is -2.29. The predicted molar refractivity (Wildman–Crippen MR) is 188 cm³/mol. The lowest BCUT2D eigenvalue weighted by Crippen LogP contribution is -2.29. The zero-order chi connectivity index (χ0) is 30.7. The standard InChI is InChI=1S/C17H27BO2.C17H25Br.C4H8O/c1-2-3-4-5-14-6-8-15(9-7-14)16-10-12-17(13-11-16)18(19)20;1-2-3-4-5-14-6-8-15(9-7-14)16-10-12-17(18)13-11-16;1-2-4-5-3-1/h10-15,19-20H,2-9H2,1H3;10-15H,2-9H2,1H3;1-4H2. The molecule has 2 saturated carbocycles. The van der Waals surface area contributed by atoms with Gasteiger partial charge in [0.25, 0.3) is 0 Å². The van der Waals surface area contributed by atoms with Crippen LogP contribution in [0.2, 0.25) is 0 Å². The molecule has 3 fully saturated rings. The van der Waals surface area contributed by atoms with E-state index in [4.69, 9.17) is 14.8 Å². The Bertz CT molecular complexity index is 937. The first-order valence-corrected chi connectivity index (χ1v) is 18.6. The molecule has 3 aliphatic rings. The van der Waals surface area contributed by atoms with Gasteiger partial charge in [0, 0.05) is 17.7 Å². The molecule has 1 saturated heterocycles. The Kier molecular flexibility index (Phi) is 18.2. The van der Waals surface area contributed by atoms with Gasteiger partial charge in [0.15, 0.2) is 0 Å². The molecular formula is C38H60BBrO3. The summed E-state index contributed by atoms with van der Waals surface area (Å²) in [7, 11) is -1.35. The first-order valence-electron chi connectivity index (χ1n) is 17.8. The van der Waals surface area contributed by atoms with Crippen LogP contribution >= 0.6 is 15.9 Å². The van der Waals surface area contributed by atoms with Crippen LogP contribution in [0.15, 0.2) is 53.0 Å². The number of ether oxygens (including phenoxy) is 1. The van der Waals surface area contributed by atoms with Crippen molar-refractivity contribution in [1.82, 2.24) is 0 Å². The third kappa shape index (κ3) is 14.2. The summed E-state index contributed by atoms with van der Waals surface area (Å²) in [6.07, 6.45) is 24.8. The third-order valence-electron chi connectivity index (χ3n) is 10.0. The van der Waals surface area contributed by atoms with Crippen molar-refractivity contribution in [3.63, 3.8) is 0 Å². The molecule has 0 atom stereocenters. The van der Waals surface area contributed by atoms with Gasteiger partial charge in [-0.1, -0.05) is 118 Å². The highest BCUT2D eigenvalue weighted by Gasteiger charge is 2.23. The van der Waals surface area contributed by atoms with Gasteiger partial charge in [0.2, 0.25) is 0 Å². The molecule has 1 aliphatic heterocycles. The van der Waals surface area contributed by atoms with E-state index in [0.29, 0.717) is 11.4 Å². The van der Waals surface area contributed by atoms with Crippen LogP contribution in [0.3, 0.4) is 0 Å². The van der Waals surface area contributed by atoms with Crippen LogP contribution in [0.25, 0.3) is 0 Å². The summed E-state index contributed by atoms with van der Waals surface area (Å²) >= 11 is 3.51. The SMILES string of the molecule is C1CCOC1.CCCCCC1CCC(c2ccc(B(O)O)cc2)CC1.CCCCCC1CCC(c2ccc(Br)cc2)CC1. The van der Waals surface area contributed by atoms with Gasteiger partial charge < -0.3 is 14.8 Å². The van der Waals surface area contributed by atoms with Crippen LogP contribution < -0.4 is 5.46 Å². The molecule has 0 aromatic heterocycles. The van der Waals surface area contributed by atoms with Gasteiger partial charge in [-0.2, -0.15) is 0 Å². The quantitative estimate of drug-likeness (QED) is 0.187. The number of benzene rings is 2. The molecule has 3 nitrogen and oxygen atoms in total. The monoisotopic (exact) mass is 654 g/mol. The lowest BCUT2D eigenvalue weighted by atomic mass is 9.75. The van der Waals surface area contributed by atoms with Crippen LogP contribution in [0.4, 0.5) is 0 Å². The number of unbranched alkanes of at least 4 members (excludes halogenated alkanes) is 4. The predicted octanol–water partition coefficient (Wildman–Crippen LogP) is 10.3. The minimum absolute atomic E-state index is 0.585. The van der Waals surface area contributed by atoms with Crippen molar-refractivity contribution in [1.29, 1.82) is 0 Å². The zero-order valence-electron chi connectivity index (χ0n) is 27.3. The molecule has 0 spiro atoms. The molecule has 240 valence electrons. The van der Waals surface area contributed by atoms with E-state index in [1.54, 1.807) is 5.56 Å². The van der Waals surface area contributed by atoms with Crippen molar-refractivity contribution < 1.29 is 14.8 Å². The van der Waals surface area contributed by atoms with Gasteiger partial charge in [-0.05, 0) is 117 Å². The minimum atomic E-state index is -1.35. The molecule has 5 heteroatoms. The van der Waals surface area contributed by atoms with Crippen molar-refractivity contribution in [3.8, 4) is 0 Å². The van der Waals surface area contributed by atoms with Gasteiger partial charge in [-0.25, -0.2) is 0 Å². The fraction of sp³-hybridized carbons (Fsp3) is 0.684. The topological polar surface area (TPSA) is 49.7 Å². The van der Waals surface area contributed by atoms with E-state index in [9.17, 15) is 0 Å². The first kappa shape index (κ1) is 36.3. The lowest BCUT2D eigenvalue weighted by molar-refractivity contribution is 0.198. The summed E-state index contributed by atoms with van der Waals surface area (Å²) < 4.78 is 6.14. The number of halogens is 1. The highest BCUT2D eigenvalue weighted by atomic mass is 79.9. The Morgan fingerprint density at radius 3 is 1.40 bits per heavy atom. The normalized spacial score (nSPS) is 23.5. The Morgan fingerprint density at radius 1 is 0.628 bits per heavy atom. The Morgan fingerprint density at radius 2 is 1.05 bits per heavy atom. The fourth-order valence-corrected chi connectivity index (χ4v) is 7.38. The average molecular weight is 656 g/mol. The van der Waals surface area contributed by atoms with Crippen molar-refractivity contribution in [2.45, 2.75) is 141 Å². The van der Waals surface area contributed by atoms with Crippen LogP contribution in [-0.2, 0) is 4.74 Å². The molecule has 2 aromatic carbocycles. The molecule has 0 amide bonds. The summed E-state index contributed by atoms with van der Waals surface area (Å²) in [6.45, 7) is 6.56. The largest absolute Gasteiger partial charge is 0.488 e. The van der Waals surface area contributed by atoms with Crippen molar-refractivity contribution >= 4 is 28.5 Å². The van der Waals surface area contributed by atoms with Crippen molar-refractivity contribution in [3.05, 3.63) is 64.1 Å². The van der Waals surface area contributed by atoms with E-state index in [1.807, 2.05) is 12.1 Å². The molecular weight excluding hydrogens is 595 g/mol. The van der Waals surface area contributed by atoms with Gasteiger partial charge in [0.1, 0.15) is 0 Å². The Balaban J connectivity index is 0.000000203. The first-order chi connectivity index (χ1) is 21.0. The van der Waals surface area contributed by atoms with Gasteiger partial charge in [-0.3, -0.25) is 0 Å². The second-order valence-electron chi connectivity index (χ2n) is 13.3. The Hall–Kier alpha value is -1.14. The minimum Gasteiger partial charge on any atom is -0.423 e. The molecule has 2 N–H and O–H groups in total. The highest BCUT2D eigenvalue weighted by Crippen LogP contribution is 2.39. The van der Waals surface area contributed by atoms with Gasteiger partial charge in [0.05, 0.1) is 0 Å². The van der Waals surface area contributed by atoms with E-state index >= 15 is 0 Å². The van der Waals surface area contributed by atoms with E-state index < -0.39 is 7.12 Å².